The zero-order chi connectivity index (χ0) is 19.1. The van der Waals surface area contributed by atoms with Crippen molar-refractivity contribution >= 4 is 16.7 Å². The van der Waals surface area contributed by atoms with Crippen molar-refractivity contribution in [1.82, 2.24) is 24.8 Å². The maximum Gasteiger partial charge on any atom is 0.121 e. The Morgan fingerprint density at radius 2 is 1.93 bits per heavy atom. The van der Waals surface area contributed by atoms with Gasteiger partial charge in [0.25, 0.3) is 0 Å². The van der Waals surface area contributed by atoms with Gasteiger partial charge in [-0.1, -0.05) is 12.1 Å². The van der Waals surface area contributed by atoms with E-state index in [0.29, 0.717) is 6.04 Å². The van der Waals surface area contributed by atoms with Gasteiger partial charge < -0.3 is 14.8 Å². The molecular weight excluding hydrogens is 348 g/mol. The van der Waals surface area contributed by atoms with Crippen molar-refractivity contribution in [2.75, 3.05) is 44.7 Å². The van der Waals surface area contributed by atoms with Crippen LogP contribution < -0.4 is 4.90 Å². The molecule has 6 nitrogen and oxygen atoms in total. The number of fused-ring (bicyclic) bond motifs is 1. The second-order valence-electron chi connectivity index (χ2n) is 8.13. The maximum atomic E-state index is 5.01. The first-order valence-electron chi connectivity index (χ1n) is 10.3. The third-order valence-electron chi connectivity index (χ3n) is 6.23. The van der Waals surface area contributed by atoms with E-state index in [0.717, 1.165) is 56.1 Å². The topological polar surface area (TPSA) is 51.3 Å². The second kappa shape index (κ2) is 7.18. The minimum absolute atomic E-state index is 0.409. The molecule has 28 heavy (non-hydrogen) atoms. The van der Waals surface area contributed by atoms with Crippen LogP contribution in [-0.4, -0.2) is 64.5 Å². The highest BCUT2D eigenvalue weighted by Gasteiger charge is 2.32. The lowest BCUT2D eigenvalue weighted by atomic mass is 9.96. The van der Waals surface area contributed by atoms with Gasteiger partial charge in [-0.25, -0.2) is 4.98 Å². The molecule has 2 aliphatic heterocycles. The molecule has 2 aliphatic rings. The van der Waals surface area contributed by atoms with Gasteiger partial charge in [-0.05, 0) is 44.2 Å². The average Bonchev–Trinajstić information content (AvgIpc) is 3.11. The van der Waals surface area contributed by atoms with Crippen LogP contribution >= 0.6 is 0 Å². The molecule has 1 atom stereocenters. The van der Waals surface area contributed by atoms with Crippen LogP contribution in [0.25, 0.3) is 11.0 Å². The van der Waals surface area contributed by atoms with E-state index in [1.165, 1.54) is 23.4 Å². The largest absolute Gasteiger partial charge is 0.367 e. The molecule has 0 radical (unpaired) electrons. The van der Waals surface area contributed by atoms with Gasteiger partial charge in [-0.2, -0.15) is 0 Å². The number of para-hydroxylation sites is 1. The van der Waals surface area contributed by atoms with Gasteiger partial charge in [0.15, 0.2) is 0 Å². The Bertz CT molecular complexity index is 972. The molecule has 2 aromatic heterocycles. The van der Waals surface area contributed by atoms with Gasteiger partial charge in [-0.15, -0.1) is 0 Å². The smallest absolute Gasteiger partial charge is 0.121 e. The lowest BCUT2D eigenvalue weighted by Gasteiger charge is -2.40. The van der Waals surface area contributed by atoms with E-state index in [4.69, 9.17) is 4.98 Å². The highest BCUT2D eigenvalue weighted by Crippen LogP contribution is 2.35. The number of likely N-dealkylation sites (tertiary alicyclic amines) is 1. The van der Waals surface area contributed by atoms with Crippen LogP contribution in [0.3, 0.4) is 0 Å². The van der Waals surface area contributed by atoms with Crippen molar-refractivity contribution in [1.29, 1.82) is 0 Å². The number of imidazole rings is 1. The molecule has 6 heteroatoms. The summed E-state index contributed by atoms with van der Waals surface area (Å²) < 4.78 is 0. The lowest BCUT2D eigenvalue weighted by Crippen LogP contribution is -2.44. The molecule has 0 saturated carbocycles. The summed E-state index contributed by atoms with van der Waals surface area (Å²) in [5.74, 6) is 1.05. The Labute approximate surface area is 166 Å². The van der Waals surface area contributed by atoms with Crippen molar-refractivity contribution in [3.05, 3.63) is 53.6 Å². The molecule has 2 fully saturated rings. The average molecular weight is 377 g/mol. The maximum absolute atomic E-state index is 5.01. The summed E-state index contributed by atoms with van der Waals surface area (Å²) in [5, 5.41) is 0. The van der Waals surface area contributed by atoms with Gasteiger partial charge in [0.05, 0.1) is 29.5 Å². The van der Waals surface area contributed by atoms with Crippen LogP contribution in [0.5, 0.6) is 0 Å². The number of rotatable bonds is 4. The molecule has 5 rings (SSSR count). The normalized spacial score (nSPS) is 21.2. The van der Waals surface area contributed by atoms with Crippen LogP contribution in [-0.2, 0) is 6.54 Å². The molecule has 1 N–H and O–H groups in total. The van der Waals surface area contributed by atoms with Crippen molar-refractivity contribution in [2.24, 2.45) is 0 Å². The van der Waals surface area contributed by atoms with Crippen LogP contribution in [0.15, 0.2) is 36.5 Å². The van der Waals surface area contributed by atoms with Crippen molar-refractivity contribution in [2.45, 2.75) is 25.9 Å². The predicted octanol–water partition coefficient (Wildman–Crippen LogP) is 2.97. The molecule has 146 valence electrons. The Morgan fingerprint density at radius 3 is 2.68 bits per heavy atom. The Balaban J connectivity index is 1.37. The van der Waals surface area contributed by atoms with Crippen molar-refractivity contribution in [3.8, 4) is 0 Å². The van der Waals surface area contributed by atoms with E-state index in [1.54, 1.807) is 0 Å². The number of nitrogens with one attached hydrogen (secondary N) is 1. The van der Waals surface area contributed by atoms with Gasteiger partial charge in [0.2, 0.25) is 0 Å². The SMILES string of the molecule is Cc1cccnc1C1CCN1Cc1nc2c(N3CCN(C)CC3)cccc2[nH]1. The summed E-state index contributed by atoms with van der Waals surface area (Å²) in [6, 6.07) is 11.1. The fourth-order valence-electron chi connectivity index (χ4n) is 4.42. The molecule has 0 bridgehead atoms. The zero-order valence-corrected chi connectivity index (χ0v) is 16.7. The fraction of sp³-hybridized carbons (Fsp3) is 0.455. The van der Waals surface area contributed by atoms with Gasteiger partial charge in [0, 0.05) is 38.9 Å². The van der Waals surface area contributed by atoms with Crippen LogP contribution in [0.4, 0.5) is 5.69 Å². The van der Waals surface area contributed by atoms with Gasteiger partial charge in [-0.3, -0.25) is 9.88 Å². The zero-order valence-electron chi connectivity index (χ0n) is 16.7. The fourth-order valence-corrected chi connectivity index (χ4v) is 4.42. The first kappa shape index (κ1) is 17.6. The summed E-state index contributed by atoms with van der Waals surface area (Å²) in [6.45, 7) is 8.43. The van der Waals surface area contributed by atoms with E-state index in [1.807, 2.05) is 12.3 Å². The molecule has 3 aromatic rings. The third-order valence-corrected chi connectivity index (χ3v) is 6.23. The first-order valence-corrected chi connectivity index (χ1v) is 10.3. The van der Waals surface area contributed by atoms with Crippen LogP contribution in [0.2, 0.25) is 0 Å². The highest BCUT2D eigenvalue weighted by molar-refractivity contribution is 5.89. The number of pyridine rings is 1. The quantitative estimate of drug-likeness (QED) is 0.759. The molecule has 0 aliphatic carbocycles. The van der Waals surface area contributed by atoms with E-state index >= 15 is 0 Å². The minimum atomic E-state index is 0.409. The van der Waals surface area contributed by atoms with E-state index in [2.05, 4.69) is 62.9 Å². The molecule has 1 unspecified atom stereocenters. The minimum Gasteiger partial charge on any atom is -0.367 e. The summed E-state index contributed by atoms with van der Waals surface area (Å²) >= 11 is 0. The number of hydrogen-bond acceptors (Lipinski definition) is 5. The van der Waals surface area contributed by atoms with Crippen molar-refractivity contribution < 1.29 is 0 Å². The van der Waals surface area contributed by atoms with Crippen molar-refractivity contribution in [3.63, 3.8) is 0 Å². The standard InChI is InChI=1S/C22H28N6/c1-16-5-4-9-23-21(16)19-8-10-28(19)15-20-24-17-6-3-7-18(22(17)25-20)27-13-11-26(2)12-14-27/h3-7,9,19H,8,10-15H2,1-2H3,(H,24,25). The number of aromatic amines is 1. The number of aromatic nitrogens is 3. The molecule has 0 amide bonds. The monoisotopic (exact) mass is 376 g/mol. The van der Waals surface area contributed by atoms with E-state index in [9.17, 15) is 0 Å². The number of nitrogens with zero attached hydrogens (tertiary/aromatic N) is 5. The number of likely N-dealkylation sites (N-methyl/N-ethyl adjacent to an activating group) is 1. The molecule has 1 aromatic carbocycles. The van der Waals surface area contributed by atoms with Crippen LogP contribution in [0, 0.1) is 6.92 Å². The van der Waals surface area contributed by atoms with Crippen LogP contribution in [0.1, 0.15) is 29.5 Å². The number of benzene rings is 1. The number of piperazine rings is 1. The molecule has 0 spiro atoms. The molecule has 2 saturated heterocycles. The summed E-state index contributed by atoms with van der Waals surface area (Å²) in [4.78, 5) is 20.5. The summed E-state index contributed by atoms with van der Waals surface area (Å²) in [7, 11) is 2.19. The Morgan fingerprint density at radius 1 is 1.07 bits per heavy atom. The van der Waals surface area contributed by atoms with Gasteiger partial charge >= 0.3 is 0 Å². The summed E-state index contributed by atoms with van der Waals surface area (Å²) in [6.07, 6.45) is 3.08. The molecular formula is C22H28N6. The van der Waals surface area contributed by atoms with E-state index < -0.39 is 0 Å². The highest BCUT2D eigenvalue weighted by atomic mass is 15.3. The lowest BCUT2D eigenvalue weighted by molar-refractivity contribution is 0.0755. The second-order valence-corrected chi connectivity index (χ2v) is 8.13. The molecule has 4 heterocycles. The van der Waals surface area contributed by atoms with Gasteiger partial charge in [0.1, 0.15) is 11.3 Å². The number of H-pyrrole nitrogens is 1. The number of aryl methyl sites for hydroxylation is 1. The third kappa shape index (κ3) is 3.16. The Kier molecular flexibility index (Phi) is 4.53. The first-order chi connectivity index (χ1) is 13.7. The van der Waals surface area contributed by atoms with E-state index in [-0.39, 0.29) is 0 Å². The number of anilines is 1. The predicted molar refractivity (Wildman–Crippen MR) is 113 cm³/mol. The summed E-state index contributed by atoms with van der Waals surface area (Å²) in [5.41, 5.74) is 5.99. The number of hydrogen-bond donors (Lipinski definition) is 1. The Hall–Kier alpha value is -2.44.